The van der Waals surface area contributed by atoms with Gasteiger partial charge in [0.1, 0.15) is 0 Å². The molecular weight excluding hydrogens is 398 g/mol. The molecule has 2 aromatic rings. The molecule has 0 spiro atoms. The van der Waals surface area contributed by atoms with Gasteiger partial charge in [0.25, 0.3) is 5.91 Å². The third kappa shape index (κ3) is 4.11. The van der Waals surface area contributed by atoms with Crippen LogP contribution in [0.25, 0.3) is 6.08 Å². The van der Waals surface area contributed by atoms with Crippen LogP contribution >= 0.6 is 11.8 Å². The second kappa shape index (κ2) is 8.36. The maximum atomic E-state index is 12.7. The van der Waals surface area contributed by atoms with Gasteiger partial charge in [0.05, 0.1) is 16.2 Å². The van der Waals surface area contributed by atoms with Crippen molar-refractivity contribution in [3.8, 4) is 0 Å². The van der Waals surface area contributed by atoms with Crippen molar-refractivity contribution >= 4 is 46.3 Å². The van der Waals surface area contributed by atoms with Crippen molar-refractivity contribution in [2.45, 2.75) is 19.8 Å². The summed E-state index contributed by atoms with van der Waals surface area (Å²) in [6.45, 7) is 4.26. The first kappa shape index (κ1) is 20.2. The van der Waals surface area contributed by atoms with Crippen LogP contribution in [-0.4, -0.2) is 47.2 Å². The first-order valence-electron chi connectivity index (χ1n) is 9.87. The van der Waals surface area contributed by atoms with E-state index < -0.39 is 5.97 Å². The number of benzene rings is 2. The lowest BCUT2D eigenvalue weighted by molar-refractivity contribution is -0.121. The average Bonchev–Trinajstić information content (AvgIpc) is 3.35. The minimum Gasteiger partial charge on any atom is -0.478 e. The highest BCUT2D eigenvalue weighted by Gasteiger charge is 2.30. The van der Waals surface area contributed by atoms with Crippen molar-refractivity contribution in [3.05, 3.63) is 64.1 Å². The lowest BCUT2D eigenvalue weighted by atomic mass is 10.1. The fourth-order valence-corrected chi connectivity index (χ4v) is 4.58. The van der Waals surface area contributed by atoms with Gasteiger partial charge < -0.3 is 10.0 Å². The molecule has 0 radical (unpaired) electrons. The number of carboxylic acid groups (broad SMARTS) is 1. The topological polar surface area (TPSA) is 73.2 Å². The molecule has 7 heteroatoms. The molecule has 0 atom stereocenters. The molecule has 0 aliphatic carbocycles. The molecule has 1 amide bonds. The maximum absolute atomic E-state index is 12.7. The molecule has 2 aliphatic heterocycles. The van der Waals surface area contributed by atoms with E-state index in [-0.39, 0.29) is 11.5 Å². The number of hydrogen-bond donors (Lipinski definition) is 1. The van der Waals surface area contributed by atoms with Gasteiger partial charge in [-0.05, 0) is 79.1 Å². The number of aromatic carboxylic acids is 1. The van der Waals surface area contributed by atoms with E-state index in [0.29, 0.717) is 15.8 Å². The number of rotatable bonds is 4. The molecule has 154 valence electrons. The Morgan fingerprint density at radius 1 is 1.17 bits per heavy atom. The smallest absolute Gasteiger partial charge is 0.335 e. The molecular formula is C23H23N3O3S. The van der Waals surface area contributed by atoms with Crippen LogP contribution in [0.4, 0.5) is 11.4 Å². The number of anilines is 1. The number of thioether (sulfide) groups is 1. The number of nitrogens with zero attached hydrogens (tertiary/aromatic N) is 3. The molecule has 6 nitrogen and oxygen atoms in total. The lowest BCUT2D eigenvalue weighted by Crippen LogP contribution is -2.23. The van der Waals surface area contributed by atoms with Gasteiger partial charge in [0.2, 0.25) is 0 Å². The second-order valence-corrected chi connectivity index (χ2v) is 8.47. The van der Waals surface area contributed by atoms with E-state index in [1.54, 1.807) is 19.2 Å². The van der Waals surface area contributed by atoms with Crippen LogP contribution in [0.3, 0.4) is 0 Å². The van der Waals surface area contributed by atoms with Gasteiger partial charge >= 0.3 is 5.97 Å². The predicted molar refractivity (Wildman–Crippen MR) is 121 cm³/mol. The molecule has 0 unspecified atom stereocenters. The number of aryl methyl sites for hydroxylation is 1. The lowest BCUT2D eigenvalue weighted by Gasteiger charge is -2.18. The molecule has 4 rings (SSSR count). The molecule has 1 N–H and O–H groups in total. The molecule has 2 saturated heterocycles. The van der Waals surface area contributed by atoms with E-state index in [1.165, 1.54) is 47.3 Å². The summed E-state index contributed by atoms with van der Waals surface area (Å²) < 4.78 is 0. The highest BCUT2D eigenvalue weighted by Crippen LogP contribution is 2.34. The van der Waals surface area contributed by atoms with E-state index >= 15 is 0 Å². The number of carbonyl (C=O) groups excluding carboxylic acids is 1. The van der Waals surface area contributed by atoms with E-state index in [4.69, 9.17) is 5.11 Å². The van der Waals surface area contributed by atoms with Gasteiger partial charge in [-0.1, -0.05) is 12.1 Å². The Morgan fingerprint density at radius 2 is 1.93 bits per heavy atom. The minimum atomic E-state index is -1.01. The molecule has 2 aliphatic rings. The summed E-state index contributed by atoms with van der Waals surface area (Å²) in [5.41, 5.74) is 4.04. The summed E-state index contributed by atoms with van der Waals surface area (Å²) in [5.74, 6) is -1.12. The maximum Gasteiger partial charge on any atom is 0.335 e. The minimum absolute atomic E-state index is 0.115. The first-order valence-corrected chi connectivity index (χ1v) is 10.7. The van der Waals surface area contributed by atoms with Crippen LogP contribution in [0.15, 0.2) is 52.4 Å². The Balaban J connectivity index is 1.58. The summed E-state index contributed by atoms with van der Waals surface area (Å²) in [6, 6.07) is 12.7. The van der Waals surface area contributed by atoms with Crippen LogP contribution in [-0.2, 0) is 4.79 Å². The van der Waals surface area contributed by atoms with Crippen LogP contribution in [0, 0.1) is 6.92 Å². The zero-order chi connectivity index (χ0) is 21.3. The van der Waals surface area contributed by atoms with Crippen molar-refractivity contribution in [2.24, 2.45) is 4.99 Å². The Kier molecular flexibility index (Phi) is 5.63. The van der Waals surface area contributed by atoms with Gasteiger partial charge in [-0.3, -0.25) is 9.69 Å². The third-order valence-corrected chi connectivity index (χ3v) is 6.39. The highest BCUT2D eigenvalue weighted by atomic mass is 32.2. The van der Waals surface area contributed by atoms with E-state index in [2.05, 4.69) is 35.0 Å². The molecule has 2 fully saturated rings. The van der Waals surface area contributed by atoms with Crippen molar-refractivity contribution in [1.82, 2.24) is 4.90 Å². The third-order valence-electron chi connectivity index (χ3n) is 5.33. The Hall–Kier alpha value is -3.06. The van der Waals surface area contributed by atoms with Crippen molar-refractivity contribution in [2.75, 3.05) is 25.0 Å². The molecule has 2 aromatic carbocycles. The van der Waals surface area contributed by atoms with Gasteiger partial charge in [0.15, 0.2) is 5.17 Å². The van der Waals surface area contributed by atoms with E-state index in [0.717, 1.165) is 24.2 Å². The summed E-state index contributed by atoms with van der Waals surface area (Å²) in [5, 5.41) is 9.68. The standard InChI is InChI=1S/C23H23N3O3S/c1-15-12-19(26-10-3-4-11-26)9-8-16(15)14-20-21(27)25(2)23(30-20)24-18-7-5-6-17(13-18)22(28)29/h5-9,12-14H,3-4,10-11H2,1-2H3,(H,28,29)/b20-14-,24-23?. The highest BCUT2D eigenvalue weighted by molar-refractivity contribution is 8.18. The number of amidine groups is 1. The summed E-state index contributed by atoms with van der Waals surface area (Å²) in [4.78, 5) is 32.9. The zero-order valence-electron chi connectivity index (χ0n) is 17.0. The summed E-state index contributed by atoms with van der Waals surface area (Å²) in [7, 11) is 1.68. The largest absolute Gasteiger partial charge is 0.478 e. The van der Waals surface area contributed by atoms with Crippen LogP contribution < -0.4 is 4.90 Å². The number of carbonyl (C=O) groups is 2. The number of likely N-dealkylation sites (N-methyl/N-ethyl adjacent to an activating group) is 1. The molecule has 30 heavy (non-hydrogen) atoms. The number of carboxylic acids is 1. The fraction of sp³-hybridized carbons (Fsp3) is 0.261. The quantitative estimate of drug-likeness (QED) is 0.735. The van der Waals surface area contributed by atoms with E-state index in [1.807, 2.05) is 6.08 Å². The first-order chi connectivity index (χ1) is 14.4. The Morgan fingerprint density at radius 3 is 2.63 bits per heavy atom. The van der Waals surface area contributed by atoms with E-state index in [9.17, 15) is 9.59 Å². The number of hydrogen-bond acceptors (Lipinski definition) is 5. The molecule has 2 heterocycles. The fourth-order valence-electron chi connectivity index (χ4n) is 3.61. The van der Waals surface area contributed by atoms with Gasteiger partial charge in [0, 0.05) is 25.8 Å². The van der Waals surface area contributed by atoms with Crippen molar-refractivity contribution in [1.29, 1.82) is 0 Å². The zero-order valence-corrected chi connectivity index (χ0v) is 17.8. The normalized spacial score (nSPS) is 19.3. The Labute approximate surface area is 179 Å². The number of aliphatic imine (C=N–C) groups is 1. The molecule has 0 aromatic heterocycles. The van der Waals surface area contributed by atoms with Crippen LogP contribution in [0.5, 0.6) is 0 Å². The van der Waals surface area contributed by atoms with Gasteiger partial charge in [-0.2, -0.15) is 0 Å². The summed E-state index contributed by atoms with van der Waals surface area (Å²) in [6.07, 6.45) is 4.38. The summed E-state index contributed by atoms with van der Waals surface area (Å²) >= 11 is 1.30. The van der Waals surface area contributed by atoms with Crippen LogP contribution in [0.2, 0.25) is 0 Å². The van der Waals surface area contributed by atoms with Gasteiger partial charge in [-0.25, -0.2) is 9.79 Å². The predicted octanol–water partition coefficient (Wildman–Crippen LogP) is 4.53. The average molecular weight is 422 g/mol. The number of amides is 1. The molecule has 0 saturated carbocycles. The van der Waals surface area contributed by atoms with Crippen molar-refractivity contribution < 1.29 is 14.7 Å². The van der Waals surface area contributed by atoms with Crippen molar-refractivity contribution in [3.63, 3.8) is 0 Å². The second-order valence-electron chi connectivity index (χ2n) is 7.46. The van der Waals surface area contributed by atoms with Gasteiger partial charge in [-0.15, -0.1) is 0 Å². The molecule has 0 bridgehead atoms. The Bertz CT molecular complexity index is 1070. The monoisotopic (exact) mass is 421 g/mol. The SMILES string of the molecule is Cc1cc(N2CCCC2)ccc1/C=C1\SC(=Nc2cccc(C(=O)O)c2)N(C)C1=O. The van der Waals surface area contributed by atoms with Crippen LogP contribution in [0.1, 0.15) is 34.3 Å².